The molecule has 0 saturated carbocycles. The number of carbonyl (C=O) groups is 1. The lowest BCUT2D eigenvalue weighted by atomic mass is 10.1. The number of rotatable bonds is 3. The van der Waals surface area contributed by atoms with E-state index in [1.165, 1.54) is 7.11 Å². The first kappa shape index (κ1) is 11.4. The van der Waals surface area contributed by atoms with Gasteiger partial charge >= 0.3 is 5.97 Å². The van der Waals surface area contributed by atoms with Gasteiger partial charge in [-0.25, -0.2) is 4.79 Å². The van der Waals surface area contributed by atoms with Crippen LogP contribution in [0.5, 0.6) is 5.75 Å². The molecule has 0 bridgehead atoms. The van der Waals surface area contributed by atoms with Crippen LogP contribution in [0.1, 0.15) is 17.3 Å². The SMILES string of the molecule is CCOc1ccc(C(=O)OC)c2cccnc12. The highest BCUT2D eigenvalue weighted by molar-refractivity contribution is 6.05. The maximum atomic E-state index is 11.6. The summed E-state index contributed by atoms with van der Waals surface area (Å²) in [4.78, 5) is 15.9. The van der Waals surface area contributed by atoms with Crippen LogP contribution in [0.15, 0.2) is 30.5 Å². The van der Waals surface area contributed by atoms with Crippen LogP contribution in [0.4, 0.5) is 0 Å². The van der Waals surface area contributed by atoms with Crippen molar-refractivity contribution in [2.75, 3.05) is 13.7 Å². The van der Waals surface area contributed by atoms with Gasteiger partial charge in [-0.3, -0.25) is 4.98 Å². The van der Waals surface area contributed by atoms with Gasteiger partial charge in [0.15, 0.2) is 0 Å². The van der Waals surface area contributed by atoms with E-state index in [1.54, 1.807) is 24.4 Å². The minimum Gasteiger partial charge on any atom is -0.492 e. The number of benzene rings is 1. The summed E-state index contributed by atoms with van der Waals surface area (Å²) in [5.41, 5.74) is 1.18. The maximum absolute atomic E-state index is 11.6. The van der Waals surface area contributed by atoms with Gasteiger partial charge in [-0.15, -0.1) is 0 Å². The van der Waals surface area contributed by atoms with E-state index in [1.807, 2.05) is 13.0 Å². The molecule has 0 radical (unpaired) electrons. The topological polar surface area (TPSA) is 48.4 Å². The molecular formula is C13H13NO3. The molecule has 17 heavy (non-hydrogen) atoms. The van der Waals surface area contributed by atoms with E-state index < -0.39 is 0 Å². The first-order valence-corrected chi connectivity index (χ1v) is 5.36. The van der Waals surface area contributed by atoms with Gasteiger partial charge in [-0.2, -0.15) is 0 Å². The van der Waals surface area contributed by atoms with Crippen LogP contribution in [-0.2, 0) is 4.74 Å². The van der Waals surface area contributed by atoms with Gasteiger partial charge < -0.3 is 9.47 Å². The smallest absolute Gasteiger partial charge is 0.338 e. The molecule has 0 fully saturated rings. The van der Waals surface area contributed by atoms with Crippen molar-refractivity contribution in [2.24, 2.45) is 0 Å². The largest absolute Gasteiger partial charge is 0.492 e. The minimum absolute atomic E-state index is 0.369. The summed E-state index contributed by atoms with van der Waals surface area (Å²) in [7, 11) is 1.36. The summed E-state index contributed by atoms with van der Waals surface area (Å²) >= 11 is 0. The zero-order chi connectivity index (χ0) is 12.3. The Morgan fingerprint density at radius 1 is 1.35 bits per heavy atom. The van der Waals surface area contributed by atoms with Gasteiger partial charge in [0.25, 0.3) is 0 Å². The Balaban J connectivity index is 2.66. The van der Waals surface area contributed by atoms with Gasteiger partial charge in [0.1, 0.15) is 11.3 Å². The van der Waals surface area contributed by atoms with Crippen molar-refractivity contribution < 1.29 is 14.3 Å². The number of nitrogens with zero attached hydrogens (tertiary/aromatic N) is 1. The van der Waals surface area contributed by atoms with E-state index in [0.717, 1.165) is 5.39 Å². The lowest BCUT2D eigenvalue weighted by Gasteiger charge is -2.09. The molecule has 4 nitrogen and oxygen atoms in total. The monoisotopic (exact) mass is 231 g/mol. The number of ether oxygens (including phenoxy) is 2. The number of fused-ring (bicyclic) bond motifs is 1. The summed E-state index contributed by atoms with van der Waals surface area (Å²) < 4.78 is 10.2. The van der Waals surface area contributed by atoms with Crippen molar-refractivity contribution in [3.63, 3.8) is 0 Å². The fourth-order valence-electron chi connectivity index (χ4n) is 1.71. The van der Waals surface area contributed by atoms with Crippen LogP contribution in [0.25, 0.3) is 10.9 Å². The zero-order valence-electron chi connectivity index (χ0n) is 9.77. The summed E-state index contributed by atoms with van der Waals surface area (Å²) in [6.45, 7) is 2.46. The quantitative estimate of drug-likeness (QED) is 0.761. The van der Waals surface area contributed by atoms with E-state index in [-0.39, 0.29) is 5.97 Å². The van der Waals surface area contributed by atoms with Crippen molar-refractivity contribution in [1.29, 1.82) is 0 Å². The first-order valence-electron chi connectivity index (χ1n) is 5.36. The third-order valence-electron chi connectivity index (χ3n) is 2.44. The fraction of sp³-hybridized carbons (Fsp3) is 0.231. The molecule has 2 rings (SSSR count). The van der Waals surface area contributed by atoms with E-state index in [0.29, 0.717) is 23.4 Å². The number of esters is 1. The normalized spacial score (nSPS) is 10.2. The molecule has 0 unspecified atom stereocenters. The van der Waals surface area contributed by atoms with Crippen molar-refractivity contribution in [1.82, 2.24) is 4.98 Å². The molecule has 1 heterocycles. The summed E-state index contributed by atoms with van der Waals surface area (Å²) in [6.07, 6.45) is 1.67. The van der Waals surface area contributed by atoms with Gasteiger partial charge in [0, 0.05) is 11.6 Å². The van der Waals surface area contributed by atoms with Crippen LogP contribution in [-0.4, -0.2) is 24.7 Å². The van der Waals surface area contributed by atoms with E-state index in [2.05, 4.69) is 4.98 Å². The standard InChI is InChI=1S/C13H13NO3/c1-3-17-11-7-6-10(13(15)16-2)9-5-4-8-14-12(9)11/h4-8H,3H2,1-2H3. The molecule has 1 aromatic heterocycles. The molecule has 0 aliphatic carbocycles. The second kappa shape index (κ2) is 4.82. The Kier molecular flexibility index (Phi) is 3.23. The Labute approximate surface area is 99.2 Å². The van der Waals surface area contributed by atoms with Gasteiger partial charge in [-0.1, -0.05) is 6.07 Å². The molecule has 1 aromatic carbocycles. The number of hydrogen-bond donors (Lipinski definition) is 0. The Morgan fingerprint density at radius 2 is 2.18 bits per heavy atom. The second-order valence-electron chi connectivity index (χ2n) is 3.44. The Morgan fingerprint density at radius 3 is 2.88 bits per heavy atom. The predicted molar refractivity (Wildman–Crippen MR) is 64.3 cm³/mol. The second-order valence-corrected chi connectivity index (χ2v) is 3.44. The lowest BCUT2D eigenvalue weighted by Crippen LogP contribution is -2.03. The van der Waals surface area contributed by atoms with E-state index in [4.69, 9.17) is 9.47 Å². The predicted octanol–water partition coefficient (Wildman–Crippen LogP) is 2.42. The van der Waals surface area contributed by atoms with Crippen LogP contribution in [0.2, 0.25) is 0 Å². The van der Waals surface area contributed by atoms with Crippen LogP contribution >= 0.6 is 0 Å². The molecule has 0 aliphatic rings. The molecule has 0 aliphatic heterocycles. The molecule has 0 atom stereocenters. The average Bonchev–Trinajstić information content (AvgIpc) is 2.38. The van der Waals surface area contributed by atoms with Gasteiger partial charge in [0.2, 0.25) is 0 Å². The van der Waals surface area contributed by atoms with Crippen LogP contribution < -0.4 is 4.74 Å². The van der Waals surface area contributed by atoms with E-state index >= 15 is 0 Å². The molecule has 0 N–H and O–H groups in total. The zero-order valence-corrected chi connectivity index (χ0v) is 9.77. The van der Waals surface area contributed by atoms with Crippen LogP contribution in [0, 0.1) is 0 Å². The fourth-order valence-corrected chi connectivity index (χ4v) is 1.71. The third-order valence-corrected chi connectivity index (χ3v) is 2.44. The first-order chi connectivity index (χ1) is 8.27. The number of aromatic nitrogens is 1. The summed E-state index contributed by atoms with van der Waals surface area (Å²) in [5.74, 6) is 0.307. The highest BCUT2D eigenvalue weighted by Gasteiger charge is 2.13. The van der Waals surface area contributed by atoms with Crippen molar-refractivity contribution >= 4 is 16.9 Å². The van der Waals surface area contributed by atoms with Crippen LogP contribution in [0.3, 0.4) is 0 Å². The maximum Gasteiger partial charge on any atom is 0.338 e. The third kappa shape index (κ3) is 2.06. The summed E-state index contributed by atoms with van der Waals surface area (Å²) in [6, 6.07) is 7.05. The molecule has 88 valence electrons. The Bertz CT molecular complexity index is 551. The minimum atomic E-state index is -0.369. The Hall–Kier alpha value is -2.10. The highest BCUT2D eigenvalue weighted by Crippen LogP contribution is 2.27. The number of carbonyl (C=O) groups excluding carboxylic acids is 1. The van der Waals surface area contributed by atoms with Gasteiger partial charge in [0.05, 0.1) is 19.3 Å². The average molecular weight is 231 g/mol. The summed E-state index contributed by atoms with van der Waals surface area (Å²) in [5, 5.41) is 0.741. The van der Waals surface area contributed by atoms with Crippen molar-refractivity contribution in [2.45, 2.75) is 6.92 Å². The lowest BCUT2D eigenvalue weighted by molar-refractivity contribution is 0.0603. The molecule has 0 amide bonds. The molecular weight excluding hydrogens is 218 g/mol. The van der Waals surface area contributed by atoms with Crippen molar-refractivity contribution in [3.8, 4) is 5.75 Å². The van der Waals surface area contributed by atoms with Gasteiger partial charge in [-0.05, 0) is 25.1 Å². The van der Waals surface area contributed by atoms with Crippen molar-refractivity contribution in [3.05, 3.63) is 36.0 Å². The molecule has 0 saturated heterocycles. The molecule has 2 aromatic rings. The van der Waals surface area contributed by atoms with E-state index in [9.17, 15) is 4.79 Å². The number of methoxy groups -OCH3 is 1. The number of pyridine rings is 1. The highest BCUT2D eigenvalue weighted by atomic mass is 16.5. The molecule has 4 heteroatoms. The number of hydrogen-bond acceptors (Lipinski definition) is 4. The molecule has 0 spiro atoms.